The maximum Gasteiger partial charge on any atom is 0.308 e. The van der Waals surface area contributed by atoms with Crippen LogP contribution in [0.25, 0.3) is 0 Å². The molecule has 1 atom stereocenters. The number of carboxylic acids is 1. The highest BCUT2D eigenvalue weighted by atomic mass is 35.5. The van der Waals surface area contributed by atoms with Crippen molar-refractivity contribution in [2.24, 2.45) is 5.92 Å². The van der Waals surface area contributed by atoms with Gasteiger partial charge < -0.3 is 10.0 Å². The van der Waals surface area contributed by atoms with Crippen LogP contribution in [0.15, 0.2) is 24.3 Å². The number of amides is 1. The molecule has 0 spiro atoms. The van der Waals surface area contributed by atoms with Crippen molar-refractivity contribution in [3.8, 4) is 0 Å². The molecule has 1 aromatic carbocycles. The van der Waals surface area contributed by atoms with E-state index in [1.165, 1.54) is 0 Å². The third kappa shape index (κ3) is 3.70. The molecule has 102 valence electrons. The van der Waals surface area contributed by atoms with E-state index in [4.69, 9.17) is 16.7 Å². The molecule has 0 radical (unpaired) electrons. The molecular weight excluding hydrogens is 266 g/mol. The number of carboxylic acid groups (broad SMARTS) is 1. The first-order valence-electron chi connectivity index (χ1n) is 6.31. The molecule has 0 aliphatic carbocycles. The normalized spacial score (nSPS) is 19.2. The fourth-order valence-corrected chi connectivity index (χ4v) is 2.42. The van der Waals surface area contributed by atoms with Gasteiger partial charge in [-0.1, -0.05) is 23.7 Å². The molecule has 5 heteroatoms. The summed E-state index contributed by atoms with van der Waals surface area (Å²) >= 11 is 5.79. The Kier molecular flexibility index (Phi) is 4.43. The molecule has 1 heterocycles. The quantitative estimate of drug-likeness (QED) is 0.924. The second-order valence-corrected chi connectivity index (χ2v) is 5.26. The summed E-state index contributed by atoms with van der Waals surface area (Å²) in [5.74, 6) is -1.26. The summed E-state index contributed by atoms with van der Waals surface area (Å²) in [5, 5.41) is 9.64. The SMILES string of the molecule is O=C(O)C1CCCN(C(=O)Cc2ccc(Cl)cc2)C1. The van der Waals surface area contributed by atoms with Crippen molar-refractivity contribution in [3.05, 3.63) is 34.9 Å². The summed E-state index contributed by atoms with van der Waals surface area (Å²) in [6, 6.07) is 7.14. The van der Waals surface area contributed by atoms with Gasteiger partial charge in [0, 0.05) is 18.1 Å². The van der Waals surface area contributed by atoms with Crippen molar-refractivity contribution < 1.29 is 14.7 Å². The predicted molar refractivity (Wildman–Crippen MR) is 72.1 cm³/mol. The fourth-order valence-electron chi connectivity index (χ4n) is 2.29. The van der Waals surface area contributed by atoms with E-state index in [-0.39, 0.29) is 5.91 Å². The highest BCUT2D eigenvalue weighted by molar-refractivity contribution is 6.30. The van der Waals surface area contributed by atoms with Gasteiger partial charge in [0.25, 0.3) is 0 Å². The van der Waals surface area contributed by atoms with E-state index >= 15 is 0 Å². The Hall–Kier alpha value is -1.55. The van der Waals surface area contributed by atoms with Gasteiger partial charge in [-0.25, -0.2) is 0 Å². The van der Waals surface area contributed by atoms with Gasteiger partial charge in [0.2, 0.25) is 5.91 Å². The van der Waals surface area contributed by atoms with Crippen LogP contribution in [0.3, 0.4) is 0 Å². The van der Waals surface area contributed by atoms with Crippen LogP contribution in [0.2, 0.25) is 5.02 Å². The highest BCUT2D eigenvalue weighted by Gasteiger charge is 2.27. The van der Waals surface area contributed by atoms with Crippen molar-refractivity contribution in [1.29, 1.82) is 0 Å². The number of hydrogen-bond donors (Lipinski definition) is 1. The van der Waals surface area contributed by atoms with Gasteiger partial charge in [0.05, 0.1) is 12.3 Å². The first kappa shape index (κ1) is 13.9. The minimum absolute atomic E-state index is 0.0201. The summed E-state index contributed by atoms with van der Waals surface area (Å²) in [6.07, 6.45) is 1.70. The van der Waals surface area contributed by atoms with E-state index in [9.17, 15) is 9.59 Å². The van der Waals surface area contributed by atoms with Gasteiger partial charge in [-0.3, -0.25) is 9.59 Å². The zero-order valence-electron chi connectivity index (χ0n) is 10.5. The van der Waals surface area contributed by atoms with E-state index in [0.717, 1.165) is 12.0 Å². The number of likely N-dealkylation sites (tertiary alicyclic amines) is 1. The summed E-state index contributed by atoms with van der Waals surface area (Å²) in [7, 11) is 0. The lowest BCUT2D eigenvalue weighted by atomic mass is 9.97. The van der Waals surface area contributed by atoms with Crippen molar-refractivity contribution >= 4 is 23.5 Å². The number of nitrogens with zero attached hydrogens (tertiary/aromatic N) is 1. The molecule has 4 nitrogen and oxygen atoms in total. The zero-order valence-corrected chi connectivity index (χ0v) is 11.3. The van der Waals surface area contributed by atoms with Crippen LogP contribution >= 0.6 is 11.6 Å². The van der Waals surface area contributed by atoms with Crippen molar-refractivity contribution in [3.63, 3.8) is 0 Å². The number of benzene rings is 1. The molecule has 1 aromatic rings. The van der Waals surface area contributed by atoms with Crippen molar-refractivity contribution in [1.82, 2.24) is 4.90 Å². The van der Waals surface area contributed by atoms with Crippen molar-refractivity contribution in [2.45, 2.75) is 19.3 Å². The molecule has 1 aliphatic rings. The number of aliphatic carboxylic acids is 1. The molecule has 1 aliphatic heterocycles. The number of hydrogen-bond acceptors (Lipinski definition) is 2. The van der Waals surface area contributed by atoms with Crippen LogP contribution in [0.1, 0.15) is 18.4 Å². The van der Waals surface area contributed by atoms with Crippen LogP contribution < -0.4 is 0 Å². The first-order chi connectivity index (χ1) is 9.06. The first-order valence-corrected chi connectivity index (χ1v) is 6.69. The summed E-state index contributed by atoms with van der Waals surface area (Å²) in [4.78, 5) is 24.7. The minimum atomic E-state index is -0.816. The van der Waals surface area contributed by atoms with Crippen molar-refractivity contribution in [2.75, 3.05) is 13.1 Å². The summed E-state index contributed by atoms with van der Waals surface area (Å²) < 4.78 is 0. The molecule has 19 heavy (non-hydrogen) atoms. The number of carbonyl (C=O) groups is 2. The average Bonchev–Trinajstić information content (AvgIpc) is 2.41. The standard InChI is InChI=1S/C14H16ClNO3/c15-12-5-3-10(4-6-12)8-13(17)16-7-1-2-11(9-16)14(18)19/h3-6,11H,1-2,7-9H2,(H,18,19). The zero-order chi connectivity index (χ0) is 13.8. The third-order valence-electron chi connectivity index (χ3n) is 3.39. The van der Waals surface area contributed by atoms with E-state index in [1.807, 2.05) is 12.1 Å². The molecule has 1 amide bonds. The van der Waals surface area contributed by atoms with E-state index in [1.54, 1.807) is 17.0 Å². The Bertz CT molecular complexity index is 472. The molecule has 1 unspecified atom stereocenters. The Balaban J connectivity index is 1.96. The molecule has 2 rings (SSSR count). The van der Waals surface area contributed by atoms with Gasteiger partial charge in [-0.2, -0.15) is 0 Å². The number of halogens is 1. The maximum atomic E-state index is 12.1. The Morgan fingerprint density at radius 1 is 1.32 bits per heavy atom. The van der Waals surface area contributed by atoms with Gasteiger partial charge in [0.1, 0.15) is 0 Å². The molecule has 1 fully saturated rings. The summed E-state index contributed by atoms with van der Waals surface area (Å²) in [5.41, 5.74) is 0.895. The van der Waals surface area contributed by atoms with Gasteiger partial charge in [-0.05, 0) is 30.5 Å². The van der Waals surface area contributed by atoms with Crippen LogP contribution in [0.4, 0.5) is 0 Å². The lowest BCUT2D eigenvalue weighted by molar-refractivity contribution is -0.145. The van der Waals surface area contributed by atoms with E-state index < -0.39 is 11.9 Å². The highest BCUT2D eigenvalue weighted by Crippen LogP contribution is 2.18. The van der Waals surface area contributed by atoms with Gasteiger partial charge in [0.15, 0.2) is 0 Å². The molecule has 1 saturated heterocycles. The van der Waals surface area contributed by atoms with E-state index in [2.05, 4.69) is 0 Å². The molecule has 1 N–H and O–H groups in total. The largest absolute Gasteiger partial charge is 0.481 e. The molecule has 0 aromatic heterocycles. The average molecular weight is 282 g/mol. The fraction of sp³-hybridized carbons (Fsp3) is 0.429. The number of rotatable bonds is 3. The Morgan fingerprint density at radius 3 is 2.63 bits per heavy atom. The maximum absolute atomic E-state index is 12.1. The van der Waals surface area contributed by atoms with Crippen LogP contribution in [0, 0.1) is 5.92 Å². The van der Waals surface area contributed by atoms with Crippen LogP contribution in [0.5, 0.6) is 0 Å². The predicted octanol–water partition coefficient (Wildman–Crippen LogP) is 2.21. The second kappa shape index (κ2) is 6.06. The third-order valence-corrected chi connectivity index (χ3v) is 3.64. The Labute approximate surface area is 117 Å². The molecular formula is C14H16ClNO3. The lowest BCUT2D eigenvalue weighted by Gasteiger charge is -2.30. The van der Waals surface area contributed by atoms with Gasteiger partial charge >= 0.3 is 5.97 Å². The monoisotopic (exact) mass is 281 g/mol. The second-order valence-electron chi connectivity index (χ2n) is 4.82. The Morgan fingerprint density at radius 2 is 2.00 bits per heavy atom. The summed E-state index contributed by atoms with van der Waals surface area (Å²) in [6.45, 7) is 0.970. The molecule has 0 saturated carbocycles. The van der Waals surface area contributed by atoms with Crippen LogP contribution in [-0.2, 0) is 16.0 Å². The van der Waals surface area contributed by atoms with E-state index in [0.29, 0.717) is 31.0 Å². The van der Waals surface area contributed by atoms with Gasteiger partial charge in [-0.15, -0.1) is 0 Å². The number of piperidine rings is 1. The molecule has 0 bridgehead atoms. The minimum Gasteiger partial charge on any atom is -0.481 e. The smallest absolute Gasteiger partial charge is 0.308 e. The van der Waals surface area contributed by atoms with Crippen LogP contribution in [-0.4, -0.2) is 35.0 Å². The number of carbonyl (C=O) groups excluding carboxylic acids is 1. The topological polar surface area (TPSA) is 57.6 Å². The lowest BCUT2D eigenvalue weighted by Crippen LogP contribution is -2.42.